The number of halogens is 3. The Bertz CT molecular complexity index is 1180. The molecule has 0 amide bonds. The number of aliphatic hydroxyl groups is 1. The molecule has 4 nitrogen and oxygen atoms in total. The number of carbonyl (C=O) groups is 1. The second kappa shape index (κ2) is 10.5. The number of alkyl halides is 3. The van der Waals surface area contributed by atoms with E-state index in [1.54, 1.807) is 60.7 Å². The SMILES string of the molecule is O=C(OC1C[N+]2(CCCc3ccc(C(F)(F)F)cc3)CCC1CC2)C(O)(c1ccccc1)c1ccccc1. The number of hydrogen-bond donors (Lipinski definition) is 1. The predicted octanol–water partition coefficient (Wildman–Crippen LogP) is 5.73. The molecule has 7 heteroatoms. The number of rotatable bonds is 8. The Kier molecular flexibility index (Phi) is 7.34. The van der Waals surface area contributed by atoms with Crippen molar-refractivity contribution < 1.29 is 32.3 Å². The maximum absolute atomic E-state index is 13.7. The third kappa shape index (κ3) is 5.36. The molecule has 3 aliphatic rings. The summed E-state index contributed by atoms with van der Waals surface area (Å²) in [5.74, 6) is -0.388. The van der Waals surface area contributed by atoms with Crippen LogP contribution in [0.2, 0.25) is 0 Å². The zero-order chi connectivity index (χ0) is 26.8. The minimum Gasteiger partial charge on any atom is -0.453 e. The van der Waals surface area contributed by atoms with Gasteiger partial charge in [-0.25, -0.2) is 4.79 Å². The smallest absolute Gasteiger partial charge is 0.416 e. The first-order chi connectivity index (χ1) is 18.2. The van der Waals surface area contributed by atoms with Crippen LogP contribution in [-0.2, 0) is 27.7 Å². The van der Waals surface area contributed by atoms with E-state index in [0.29, 0.717) is 24.1 Å². The first kappa shape index (κ1) is 26.4. The number of aryl methyl sites for hydroxylation is 1. The van der Waals surface area contributed by atoms with Gasteiger partial charge in [-0.2, -0.15) is 13.2 Å². The van der Waals surface area contributed by atoms with Gasteiger partial charge >= 0.3 is 12.1 Å². The number of hydrogen-bond acceptors (Lipinski definition) is 3. The molecule has 3 aromatic rings. The van der Waals surface area contributed by atoms with Crippen molar-refractivity contribution in [2.45, 2.75) is 43.6 Å². The molecule has 3 saturated heterocycles. The van der Waals surface area contributed by atoms with Crippen LogP contribution in [0.4, 0.5) is 13.2 Å². The third-order valence-electron chi connectivity index (χ3n) is 8.36. The molecule has 1 unspecified atom stereocenters. The quantitative estimate of drug-likeness (QED) is 0.303. The number of benzene rings is 3. The normalized spacial score (nSPS) is 23.3. The predicted molar refractivity (Wildman–Crippen MR) is 138 cm³/mol. The minimum absolute atomic E-state index is 0.268. The number of quaternary nitrogens is 1. The van der Waals surface area contributed by atoms with Crippen LogP contribution in [0, 0.1) is 5.92 Å². The Hall–Kier alpha value is -3.16. The topological polar surface area (TPSA) is 46.5 Å². The van der Waals surface area contributed by atoms with Gasteiger partial charge in [0.25, 0.3) is 0 Å². The maximum atomic E-state index is 13.7. The van der Waals surface area contributed by atoms with Crippen LogP contribution < -0.4 is 0 Å². The third-order valence-corrected chi connectivity index (χ3v) is 8.36. The molecule has 3 heterocycles. The molecule has 0 aliphatic carbocycles. The molecule has 1 atom stereocenters. The van der Waals surface area contributed by atoms with Crippen LogP contribution in [0.15, 0.2) is 84.9 Å². The van der Waals surface area contributed by atoms with Gasteiger partial charge in [-0.15, -0.1) is 0 Å². The standard InChI is InChI=1S/C31H33F3NO3/c32-31(33,34)27-15-13-23(14-16-27)8-7-19-35-20-17-24(18-21-35)28(22-35)38-29(36)30(37,25-9-3-1-4-10-25)26-11-5-2-6-12-26/h1-6,9-16,24,28,37H,7-8,17-22H2/q+1. The first-order valence-electron chi connectivity index (χ1n) is 13.3. The van der Waals surface area contributed by atoms with Crippen LogP contribution >= 0.6 is 0 Å². The van der Waals surface area contributed by atoms with E-state index >= 15 is 0 Å². The number of piperidine rings is 3. The summed E-state index contributed by atoms with van der Waals surface area (Å²) in [4.78, 5) is 13.7. The lowest BCUT2D eigenvalue weighted by atomic mass is 9.82. The molecule has 1 N–H and O–H groups in total. The number of esters is 1. The number of carbonyl (C=O) groups excluding carboxylic acids is 1. The van der Waals surface area contributed by atoms with Crippen molar-refractivity contribution in [2.24, 2.45) is 5.92 Å². The summed E-state index contributed by atoms with van der Waals surface area (Å²) < 4.78 is 45.5. The molecule has 6 rings (SSSR count). The fourth-order valence-corrected chi connectivity index (χ4v) is 6.13. The van der Waals surface area contributed by atoms with E-state index in [0.717, 1.165) is 61.1 Å². The van der Waals surface area contributed by atoms with Gasteiger partial charge in [-0.3, -0.25) is 0 Å². The molecule has 3 fully saturated rings. The summed E-state index contributed by atoms with van der Waals surface area (Å²) in [5, 5.41) is 11.8. The highest BCUT2D eigenvalue weighted by atomic mass is 19.4. The van der Waals surface area contributed by atoms with Crippen LogP contribution in [-0.4, -0.2) is 47.8 Å². The van der Waals surface area contributed by atoms with E-state index < -0.39 is 23.3 Å². The molecule has 0 radical (unpaired) electrons. The first-order valence-corrected chi connectivity index (χ1v) is 13.3. The van der Waals surface area contributed by atoms with E-state index in [4.69, 9.17) is 4.74 Å². The van der Waals surface area contributed by atoms with Crippen molar-refractivity contribution in [1.82, 2.24) is 0 Å². The summed E-state index contributed by atoms with van der Waals surface area (Å²) in [6.07, 6.45) is -1.16. The Morgan fingerprint density at radius 2 is 1.39 bits per heavy atom. The molecule has 3 aliphatic heterocycles. The van der Waals surface area contributed by atoms with Crippen LogP contribution in [0.5, 0.6) is 0 Å². The Labute approximate surface area is 221 Å². The largest absolute Gasteiger partial charge is 0.453 e. The van der Waals surface area contributed by atoms with Gasteiger partial charge in [0.2, 0.25) is 5.60 Å². The summed E-state index contributed by atoms with van der Waals surface area (Å²) in [6.45, 7) is 3.59. The highest BCUT2D eigenvalue weighted by molar-refractivity contribution is 5.85. The van der Waals surface area contributed by atoms with Crippen LogP contribution in [0.25, 0.3) is 0 Å². The second-order valence-corrected chi connectivity index (χ2v) is 10.7. The second-order valence-electron chi connectivity index (χ2n) is 10.7. The molecule has 0 spiro atoms. The molecule has 2 bridgehead atoms. The molecule has 0 saturated carbocycles. The Morgan fingerprint density at radius 1 is 0.842 bits per heavy atom. The van der Waals surface area contributed by atoms with E-state index in [-0.39, 0.29) is 12.0 Å². The average Bonchev–Trinajstić information content (AvgIpc) is 2.94. The van der Waals surface area contributed by atoms with Crippen molar-refractivity contribution in [3.63, 3.8) is 0 Å². The minimum atomic E-state index is -4.32. The lowest BCUT2D eigenvalue weighted by molar-refractivity contribution is -0.946. The van der Waals surface area contributed by atoms with Crippen molar-refractivity contribution in [3.05, 3.63) is 107 Å². The summed E-state index contributed by atoms with van der Waals surface area (Å²) in [5.41, 5.74) is -0.698. The zero-order valence-electron chi connectivity index (χ0n) is 21.2. The average molecular weight is 525 g/mol. The number of ether oxygens (including phenoxy) is 1. The lowest BCUT2D eigenvalue weighted by Crippen LogP contribution is -2.65. The van der Waals surface area contributed by atoms with Gasteiger partial charge in [0, 0.05) is 25.2 Å². The van der Waals surface area contributed by atoms with Gasteiger partial charge in [0.1, 0.15) is 6.54 Å². The maximum Gasteiger partial charge on any atom is 0.416 e. The van der Waals surface area contributed by atoms with E-state index in [2.05, 4.69) is 0 Å². The van der Waals surface area contributed by atoms with Crippen molar-refractivity contribution in [2.75, 3.05) is 26.2 Å². The molecule has 38 heavy (non-hydrogen) atoms. The molecule has 200 valence electrons. The summed E-state index contributed by atoms with van der Waals surface area (Å²) >= 11 is 0. The van der Waals surface area contributed by atoms with E-state index in [1.165, 1.54) is 0 Å². The van der Waals surface area contributed by atoms with E-state index in [1.807, 2.05) is 12.1 Å². The van der Waals surface area contributed by atoms with E-state index in [9.17, 15) is 23.1 Å². The Morgan fingerprint density at radius 3 is 1.92 bits per heavy atom. The van der Waals surface area contributed by atoms with Crippen LogP contribution in [0.3, 0.4) is 0 Å². The van der Waals surface area contributed by atoms with Gasteiger partial charge in [-0.1, -0.05) is 72.8 Å². The zero-order valence-corrected chi connectivity index (χ0v) is 21.2. The highest BCUT2D eigenvalue weighted by Gasteiger charge is 2.50. The highest BCUT2D eigenvalue weighted by Crippen LogP contribution is 2.38. The number of fused-ring (bicyclic) bond motifs is 3. The van der Waals surface area contributed by atoms with Gasteiger partial charge in [0.15, 0.2) is 6.10 Å². The van der Waals surface area contributed by atoms with Gasteiger partial charge < -0.3 is 14.3 Å². The molecular formula is C31H33F3NO3+. The monoisotopic (exact) mass is 524 g/mol. The lowest BCUT2D eigenvalue weighted by Gasteiger charge is -2.52. The van der Waals surface area contributed by atoms with Crippen molar-refractivity contribution in [3.8, 4) is 0 Å². The number of nitrogens with zero attached hydrogens (tertiary/aromatic N) is 1. The van der Waals surface area contributed by atoms with Crippen molar-refractivity contribution >= 4 is 5.97 Å². The van der Waals surface area contributed by atoms with Gasteiger partial charge in [0.05, 0.1) is 25.2 Å². The van der Waals surface area contributed by atoms with Crippen molar-refractivity contribution in [1.29, 1.82) is 0 Å². The van der Waals surface area contributed by atoms with Gasteiger partial charge in [-0.05, 0) is 35.2 Å². The molecule has 0 aromatic heterocycles. The molecular weight excluding hydrogens is 491 g/mol. The van der Waals surface area contributed by atoms with Crippen LogP contribution in [0.1, 0.15) is 41.5 Å². The molecule has 3 aromatic carbocycles. The fraction of sp³-hybridized carbons (Fsp3) is 0.387. The fourth-order valence-electron chi connectivity index (χ4n) is 6.13. The Balaban J connectivity index is 1.26. The summed E-state index contributed by atoms with van der Waals surface area (Å²) in [6, 6.07) is 23.2. The summed E-state index contributed by atoms with van der Waals surface area (Å²) in [7, 11) is 0.